The van der Waals surface area contributed by atoms with Gasteiger partial charge in [-0.15, -0.1) is 0 Å². The van der Waals surface area contributed by atoms with E-state index in [1.54, 1.807) is 29.9 Å². The molecule has 5 nitrogen and oxygen atoms in total. The average Bonchev–Trinajstić information content (AvgIpc) is 2.92. The van der Waals surface area contributed by atoms with Gasteiger partial charge in [0, 0.05) is 15.9 Å². The van der Waals surface area contributed by atoms with Crippen molar-refractivity contribution in [1.82, 2.24) is 14.8 Å². The summed E-state index contributed by atoms with van der Waals surface area (Å²) in [7, 11) is 0. The van der Waals surface area contributed by atoms with Gasteiger partial charge in [-0.3, -0.25) is 4.79 Å². The molecule has 3 aromatic rings. The van der Waals surface area contributed by atoms with Crippen molar-refractivity contribution >= 4 is 38.6 Å². The van der Waals surface area contributed by atoms with Crippen LogP contribution in [0.4, 0.5) is 10.1 Å². The van der Waals surface area contributed by atoms with Crippen LogP contribution in [0.3, 0.4) is 0 Å². The second-order valence-corrected chi connectivity index (χ2v) is 6.71. The summed E-state index contributed by atoms with van der Waals surface area (Å²) >= 11 is 3.19. The highest BCUT2D eigenvalue weighted by Gasteiger charge is 2.16. The smallest absolute Gasteiger partial charge is 0.257 e. The Hall–Kier alpha value is -2.28. The summed E-state index contributed by atoms with van der Waals surface area (Å²) in [5.74, 6) is -0.905. The lowest BCUT2D eigenvalue weighted by molar-refractivity contribution is 0.102. The van der Waals surface area contributed by atoms with E-state index in [4.69, 9.17) is 0 Å². The minimum atomic E-state index is -0.503. The zero-order valence-corrected chi connectivity index (χ0v) is 15.1. The second-order valence-electron chi connectivity index (χ2n) is 5.80. The van der Waals surface area contributed by atoms with E-state index in [-0.39, 0.29) is 11.7 Å². The van der Waals surface area contributed by atoms with Crippen LogP contribution >= 0.6 is 15.9 Å². The van der Waals surface area contributed by atoms with Crippen molar-refractivity contribution in [3.63, 3.8) is 0 Å². The monoisotopic (exact) mass is 390 g/mol. The third kappa shape index (κ3) is 3.03. The van der Waals surface area contributed by atoms with Crippen LogP contribution in [0.5, 0.6) is 0 Å². The number of anilines is 1. The summed E-state index contributed by atoms with van der Waals surface area (Å²) < 4.78 is 16.3. The molecule has 124 valence electrons. The zero-order chi connectivity index (χ0) is 17.4. The number of aryl methyl sites for hydroxylation is 1. The van der Waals surface area contributed by atoms with Crippen LogP contribution in [0.25, 0.3) is 11.0 Å². The lowest BCUT2D eigenvalue weighted by Gasteiger charge is -2.10. The van der Waals surface area contributed by atoms with E-state index in [1.165, 1.54) is 12.1 Å². The summed E-state index contributed by atoms with van der Waals surface area (Å²) in [6.45, 7) is 5.78. The lowest BCUT2D eigenvalue weighted by Crippen LogP contribution is -2.15. The third-order valence-electron chi connectivity index (χ3n) is 3.67. The van der Waals surface area contributed by atoms with Gasteiger partial charge in [0.25, 0.3) is 5.91 Å². The SMILES string of the molecule is Cc1nc2c(cnn2C(C)C)cc1C(=O)Nc1ccc(Br)cc1F. The average molecular weight is 391 g/mol. The topological polar surface area (TPSA) is 59.8 Å². The predicted molar refractivity (Wildman–Crippen MR) is 94.7 cm³/mol. The molecule has 7 heteroatoms. The van der Waals surface area contributed by atoms with E-state index < -0.39 is 11.7 Å². The maximum Gasteiger partial charge on any atom is 0.257 e. The number of nitrogens with zero attached hydrogens (tertiary/aromatic N) is 3. The van der Waals surface area contributed by atoms with Gasteiger partial charge in [0.1, 0.15) is 5.82 Å². The van der Waals surface area contributed by atoms with Crippen LogP contribution in [0.1, 0.15) is 35.9 Å². The second kappa shape index (κ2) is 6.32. The number of nitrogens with one attached hydrogen (secondary N) is 1. The van der Waals surface area contributed by atoms with E-state index >= 15 is 0 Å². The van der Waals surface area contributed by atoms with Crippen LogP contribution in [-0.4, -0.2) is 20.7 Å². The molecule has 1 N–H and O–H groups in total. The molecule has 0 aliphatic rings. The Morgan fingerprint density at radius 3 is 2.75 bits per heavy atom. The molecule has 2 aromatic heterocycles. The van der Waals surface area contributed by atoms with Crippen molar-refractivity contribution in [3.8, 4) is 0 Å². The van der Waals surface area contributed by atoms with Gasteiger partial charge in [-0.2, -0.15) is 5.10 Å². The first kappa shape index (κ1) is 16.6. The molecule has 0 unspecified atom stereocenters. The number of benzene rings is 1. The van der Waals surface area contributed by atoms with Gasteiger partial charge in [0.15, 0.2) is 5.65 Å². The van der Waals surface area contributed by atoms with Gasteiger partial charge in [-0.25, -0.2) is 14.1 Å². The summed E-state index contributed by atoms with van der Waals surface area (Å²) in [5.41, 5.74) is 1.82. The summed E-state index contributed by atoms with van der Waals surface area (Å²) in [4.78, 5) is 17.0. The van der Waals surface area contributed by atoms with Crippen LogP contribution in [-0.2, 0) is 0 Å². The standard InChI is InChI=1S/C17H16BrFN4O/c1-9(2)23-16-11(8-20-23)6-13(10(3)21-16)17(24)22-15-5-4-12(18)7-14(15)19/h4-9H,1-3H3,(H,22,24). The lowest BCUT2D eigenvalue weighted by atomic mass is 10.1. The molecule has 0 atom stereocenters. The summed E-state index contributed by atoms with van der Waals surface area (Å²) in [6.07, 6.45) is 1.68. The Bertz CT molecular complexity index is 936. The third-order valence-corrected chi connectivity index (χ3v) is 4.17. The maximum atomic E-state index is 13.9. The number of pyridine rings is 1. The highest BCUT2D eigenvalue weighted by molar-refractivity contribution is 9.10. The van der Waals surface area contributed by atoms with E-state index in [1.807, 2.05) is 13.8 Å². The number of amides is 1. The minimum Gasteiger partial charge on any atom is -0.319 e. The molecular weight excluding hydrogens is 375 g/mol. The molecule has 0 radical (unpaired) electrons. The maximum absolute atomic E-state index is 13.9. The quantitative estimate of drug-likeness (QED) is 0.717. The van der Waals surface area contributed by atoms with Gasteiger partial charge in [0.2, 0.25) is 0 Å². The molecule has 0 aliphatic carbocycles. The largest absolute Gasteiger partial charge is 0.319 e. The summed E-state index contributed by atoms with van der Waals surface area (Å²) in [6, 6.07) is 6.38. The van der Waals surface area contributed by atoms with Gasteiger partial charge in [-0.05, 0) is 45.0 Å². The Morgan fingerprint density at radius 1 is 1.33 bits per heavy atom. The number of carbonyl (C=O) groups excluding carboxylic acids is 1. The molecular formula is C17H16BrFN4O. The van der Waals surface area contributed by atoms with Crippen molar-refractivity contribution in [2.75, 3.05) is 5.32 Å². The van der Waals surface area contributed by atoms with Crippen molar-refractivity contribution in [2.45, 2.75) is 26.8 Å². The molecule has 1 aromatic carbocycles. The Kier molecular flexibility index (Phi) is 4.36. The normalized spacial score (nSPS) is 11.2. The fraction of sp³-hybridized carbons (Fsp3) is 0.235. The van der Waals surface area contributed by atoms with Gasteiger partial charge in [-0.1, -0.05) is 15.9 Å². The van der Waals surface area contributed by atoms with Gasteiger partial charge < -0.3 is 5.32 Å². The van der Waals surface area contributed by atoms with E-state index in [0.717, 1.165) is 11.0 Å². The van der Waals surface area contributed by atoms with E-state index in [0.29, 0.717) is 15.7 Å². The molecule has 0 saturated carbocycles. The first-order valence-corrected chi connectivity index (χ1v) is 8.27. The molecule has 0 aliphatic heterocycles. The number of fused-ring (bicyclic) bond motifs is 1. The van der Waals surface area contributed by atoms with Crippen LogP contribution in [0, 0.1) is 12.7 Å². The van der Waals surface area contributed by atoms with E-state index in [9.17, 15) is 9.18 Å². The van der Waals surface area contributed by atoms with Gasteiger partial charge >= 0.3 is 0 Å². The molecule has 0 fully saturated rings. The Morgan fingerprint density at radius 2 is 2.08 bits per heavy atom. The zero-order valence-electron chi connectivity index (χ0n) is 13.5. The predicted octanol–water partition coefficient (Wildman–Crippen LogP) is 4.47. The van der Waals surface area contributed by atoms with Crippen LogP contribution in [0.15, 0.2) is 34.9 Å². The number of carbonyl (C=O) groups is 1. The molecule has 0 bridgehead atoms. The minimum absolute atomic E-state index is 0.126. The molecule has 2 heterocycles. The van der Waals surface area contributed by atoms with Crippen molar-refractivity contribution in [3.05, 3.63) is 52.0 Å². The Labute approximate surface area is 147 Å². The number of aromatic nitrogens is 3. The molecule has 3 rings (SSSR count). The molecule has 24 heavy (non-hydrogen) atoms. The molecule has 0 saturated heterocycles. The fourth-order valence-electron chi connectivity index (χ4n) is 2.45. The molecule has 1 amide bonds. The fourth-order valence-corrected chi connectivity index (χ4v) is 2.79. The number of hydrogen-bond acceptors (Lipinski definition) is 3. The van der Waals surface area contributed by atoms with Crippen molar-refractivity contribution < 1.29 is 9.18 Å². The van der Waals surface area contributed by atoms with Crippen molar-refractivity contribution in [1.29, 1.82) is 0 Å². The van der Waals surface area contributed by atoms with Gasteiger partial charge in [0.05, 0.1) is 23.1 Å². The van der Waals surface area contributed by atoms with Crippen LogP contribution < -0.4 is 5.32 Å². The number of rotatable bonds is 3. The Balaban J connectivity index is 1.96. The van der Waals surface area contributed by atoms with Crippen LogP contribution in [0.2, 0.25) is 0 Å². The van der Waals surface area contributed by atoms with Crippen molar-refractivity contribution in [2.24, 2.45) is 0 Å². The first-order chi connectivity index (χ1) is 11.4. The number of halogens is 2. The van der Waals surface area contributed by atoms with E-state index in [2.05, 4.69) is 31.3 Å². The first-order valence-electron chi connectivity index (χ1n) is 7.48. The highest BCUT2D eigenvalue weighted by Crippen LogP contribution is 2.22. The molecule has 0 spiro atoms. The highest BCUT2D eigenvalue weighted by atomic mass is 79.9. The summed E-state index contributed by atoms with van der Waals surface area (Å²) in [5, 5.41) is 7.66. The number of hydrogen-bond donors (Lipinski definition) is 1.